The smallest absolute Gasteiger partial charge is 0.344 e. The van der Waals surface area contributed by atoms with Gasteiger partial charge in [-0.15, -0.1) is 10.2 Å². The fourth-order valence-electron chi connectivity index (χ4n) is 2.36. The third-order valence-corrected chi connectivity index (χ3v) is 4.05. The van der Waals surface area contributed by atoms with Crippen LogP contribution in [-0.2, 0) is 16.1 Å². The third kappa shape index (κ3) is 4.50. The molecule has 0 amide bonds. The van der Waals surface area contributed by atoms with Crippen LogP contribution in [-0.4, -0.2) is 27.7 Å². The van der Waals surface area contributed by atoms with E-state index in [0.717, 1.165) is 11.1 Å². The van der Waals surface area contributed by atoms with Gasteiger partial charge in [-0.2, -0.15) is 0 Å². The molecule has 9 nitrogen and oxygen atoms in total. The van der Waals surface area contributed by atoms with E-state index in [-0.39, 0.29) is 30.7 Å². The number of benzene rings is 2. The number of esters is 1. The number of nitro groups is 1. The highest BCUT2D eigenvalue weighted by molar-refractivity contribution is 5.71. The number of carbonyl (C=O) groups excluding carboxylic acids is 1. The summed E-state index contributed by atoms with van der Waals surface area (Å²) in [4.78, 5) is 22.0. The molecule has 0 saturated heterocycles. The highest BCUT2D eigenvalue weighted by Crippen LogP contribution is 2.22. The van der Waals surface area contributed by atoms with Gasteiger partial charge in [-0.05, 0) is 43.2 Å². The standard InChI is InChI=1S/C19H17N3O6/c1-12-4-3-5-16(13(12)2)26-11-18(23)27-10-17-20-21-19(28-17)14-6-8-15(9-7-14)22(24)25/h3-9H,10-11H2,1-2H3. The number of hydrogen-bond acceptors (Lipinski definition) is 8. The first-order chi connectivity index (χ1) is 13.4. The molecule has 9 heteroatoms. The average Bonchev–Trinajstić information content (AvgIpc) is 3.16. The van der Waals surface area contributed by atoms with Crippen LogP contribution in [0.5, 0.6) is 5.75 Å². The Bertz CT molecular complexity index is 997. The van der Waals surface area contributed by atoms with E-state index in [9.17, 15) is 14.9 Å². The molecule has 0 fully saturated rings. The van der Waals surface area contributed by atoms with Gasteiger partial charge in [0.15, 0.2) is 13.2 Å². The number of non-ortho nitro benzene ring substituents is 1. The van der Waals surface area contributed by atoms with E-state index in [2.05, 4.69) is 10.2 Å². The van der Waals surface area contributed by atoms with Gasteiger partial charge in [-0.25, -0.2) is 4.79 Å². The lowest BCUT2D eigenvalue weighted by Crippen LogP contribution is -2.15. The molecular weight excluding hydrogens is 366 g/mol. The minimum absolute atomic E-state index is 0.0405. The second-order valence-electron chi connectivity index (χ2n) is 5.95. The molecule has 0 aliphatic heterocycles. The van der Waals surface area contributed by atoms with Crippen LogP contribution in [0, 0.1) is 24.0 Å². The van der Waals surface area contributed by atoms with Crippen LogP contribution >= 0.6 is 0 Å². The van der Waals surface area contributed by atoms with Crippen molar-refractivity contribution < 1.29 is 23.6 Å². The molecule has 0 aliphatic rings. The molecule has 0 atom stereocenters. The predicted molar refractivity (Wildman–Crippen MR) is 97.6 cm³/mol. The van der Waals surface area contributed by atoms with Crippen molar-refractivity contribution in [2.75, 3.05) is 6.61 Å². The van der Waals surface area contributed by atoms with E-state index in [1.165, 1.54) is 24.3 Å². The lowest BCUT2D eigenvalue weighted by atomic mass is 10.1. The molecule has 3 aromatic rings. The highest BCUT2D eigenvalue weighted by atomic mass is 16.6. The van der Waals surface area contributed by atoms with E-state index in [0.29, 0.717) is 11.3 Å². The maximum absolute atomic E-state index is 11.9. The summed E-state index contributed by atoms with van der Waals surface area (Å²) in [5, 5.41) is 18.3. The lowest BCUT2D eigenvalue weighted by Gasteiger charge is -2.10. The van der Waals surface area contributed by atoms with Crippen LogP contribution in [0.15, 0.2) is 46.9 Å². The maximum atomic E-state index is 11.9. The van der Waals surface area contributed by atoms with Crippen molar-refractivity contribution in [3.05, 3.63) is 69.6 Å². The molecule has 0 unspecified atom stereocenters. The Morgan fingerprint density at radius 3 is 2.61 bits per heavy atom. The van der Waals surface area contributed by atoms with Gasteiger partial charge in [0, 0.05) is 17.7 Å². The lowest BCUT2D eigenvalue weighted by molar-refractivity contribution is -0.384. The Labute approximate surface area is 160 Å². The predicted octanol–water partition coefficient (Wildman–Crippen LogP) is 3.38. The van der Waals surface area contributed by atoms with Crippen molar-refractivity contribution in [3.8, 4) is 17.2 Å². The Balaban J connectivity index is 1.53. The van der Waals surface area contributed by atoms with E-state index in [1.807, 2.05) is 26.0 Å². The zero-order valence-corrected chi connectivity index (χ0v) is 15.2. The molecule has 144 valence electrons. The average molecular weight is 383 g/mol. The molecule has 1 aromatic heterocycles. The first-order valence-electron chi connectivity index (χ1n) is 8.36. The van der Waals surface area contributed by atoms with E-state index in [1.54, 1.807) is 6.07 Å². The van der Waals surface area contributed by atoms with Crippen molar-refractivity contribution in [2.45, 2.75) is 20.5 Å². The molecule has 0 spiro atoms. The molecule has 0 saturated carbocycles. The van der Waals surface area contributed by atoms with E-state index < -0.39 is 10.9 Å². The number of nitrogens with zero attached hydrogens (tertiary/aromatic N) is 3. The van der Waals surface area contributed by atoms with Crippen molar-refractivity contribution in [3.63, 3.8) is 0 Å². The van der Waals surface area contributed by atoms with Gasteiger partial charge < -0.3 is 13.9 Å². The summed E-state index contributed by atoms with van der Waals surface area (Å²) < 4.78 is 16.0. The highest BCUT2D eigenvalue weighted by Gasteiger charge is 2.13. The molecule has 28 heavy (non-hydrogen) atoms. The van der Waals surface area contributed by atoms with Gasteiger partial charge in [0.1, 0.15) is 5.75 Å². The van der Waals surface area contributed by atoms with Crippen LogP contribution in [0.4, 0.5) is 5.69 Å². The number of ether oxygens (including phenoxy) is 2. The Kier molecular flexibility index (Phi) is 5.64. The molecule has 0 aliphatic carbocycles. The van der Waals surface area contributed by atoms with E-state index >= 15 is 0 Å². The number of aryl methyl sites for hydroxylation is 1. The third-order valence-electron chi connectivity index (χ3n) is 4.05. The first-order valence-corrected chi connectivity index (χ1v) is 8.36. The van der Waals surface area contributed by atoms with Crippen LogP contribution in [0.1, 0.15) is 17.0 Å². The molecular formula is C19H17N3O6. The van der Waals surface area contributed by atoms with Gasteiger partial charge in [-0.1, -0.05) is 12.1 Å². The van der Waals surface area contributed by atoms with Crippen molar-refractivity contribution in [1.29, 1.82) is 0 Å². The summed E-state index contributed by atoms with van der Waals surface area (Å²) >= 11 is 0. The normalized spacial score (nSPS) is 10.5. The van der Waals surface area contributed by atoms with Crippen LogP contribution in [0.25, 0.3) is 11.5 Å². The number of hydrogen-bond donors (Lipinski definition) is 0. The Morgan fingerprint density at radius 2 is 1.89 bits per heavy atom. The second-order valence-corrected chi connectivity index (χ2v) is 5.95. The van der Waals surface area contributed by atoms with Gasteiger partial charge in [0.05, 0.1) is 4.92 Å². The minimum atomic E-state index is -0.573. The van der Waals surface area contributed by atoms with Crippen LogP contribution in [0.3, 0.4) is 0 Å². The van der Waals surface area contributed by atoms with Crippen molar-refractivity contribution in [1.82, 2.24) is 10.2 Å². The summed E-state index contributed by atoms with van der Waals surface area (Å²) in [5.74, 6) is 0.326. The fourth-order valence-corrected chi connectivity index (χ4v) is 2.36. The molecule has 0 N–H and O–H groups in total. The largest absolute Gasteiger partial charge is 0.482 e. The topological polar surface area (TPSA) is 118 Å². The Morgan fingerprint density at radius 1 is 1.14 bits per heavy atom. The van der Waals surface area contributed by atoms with Crippen LogP contribution < -0.4 is 4.74 Å². The monoisotopic (exact) mass is 383 g/mol. The molecule has 3 rings (SSSR count). The van der Waals surface area contributed by atoms with Crippen molar-refractivity contribution in [2.24, 2.45) is 0 Å². The molecule has 0 radical (unpaired) electrons. The molecule has 1 heterocycles. The summed E-state index contributed by atoms with van der Waals surface area (Å²) in [6, 6.07) is 11.3. The maximum Gasteiger partial charge on any atom is 0.344 e. The first kappa shape index (κ1) is 19.0. The summed E-state index contributed by atoms with van der Waals surface area (Å²) in [7, 11) is 0. The van der Waals surface area contributed by atoms with E-state index in [4.69, 9.17) is 13.9 Å². The number of carbonyl (C=O) groups is 1. The number of rotatable bonds is 7. The van der Waals surface area contributed by atoms with Gasteiger partial charge in [0.25, 0.3) is 11.6 Å². The fraction of sp³-hybridized carbons (Fsp3) is 0.211. The number of nitro benzene ring substituents is 1. The van der Waals surface area contributed by atoms with Gasteiger partial charge >= 0.3 is 5.97 Å². The quantitative estimate of drug-likeness (QED) is 0.346. The summed E-state index contributed by atoms with van der Waals surface area (Å²) in [5.41, 5.74) is 2.51. The zero-order chi connectivity index (χ0) is 20.1. The zero-order valence-electron chi connectivity index (χ0n) is 15.2. The summed E-state index contributed by atoms with van der Waals surface area (Å²) in [6.45, 7) is 3.43. The second kappa shape index (κ2) is 8.30. The summed E-state index contributed by atoms with van der Waals surface area (Å²) in [6.07, 6.45) is 0. The molecule has 2 aromatic carbocycles. The minimum Gasteiger partial charge on any atom is -0.482 e. The SMILES string of the molecule is Cc1cccc(OCC(=O)OCc2nnc(-c3ccc([N+](=O)[O-])cc3)o2)c1C. The number of aromatic nitrogens is 2. The van der Waals surface area contributed by atoms with Crippen molar-refractivity contribution >= 4 is 11.7 Å². The molecule has 0 bridgehead atoms. The van der Waals surface area contributed by atoms with Gasteiger partial charge in [0.2, 0.25) is 5.89 Å². The van der Waals surface area contributed by atoms with Gasteiger partial charge in [-0.3, -0.25) is 10.1 Å². The Hall–Kier alpha value is -3.75. The van der Waals surface area contributed by atoms with Crippen LogP contribution in [0.2, 0.25) is 0 Å².